The molecule has 3 nitrogen and oxygen atoms in total. The Balaban J connectivity index is 2.32. The van der Waals surface area contributed by atoms with Gasteiger partial charge < -0.3 is 9.88 Å². The first-order chi connectivity index (χ1) is 9.42. The number of carbonyl (C=O) groups excluding carboxylic acids is 1. The third-order valence-corrected chi connectivity index (χ3v) is 4.17. The number of halogens is 4. The Hall–Kier alpha value is -0.490. The number of amides is 1. The van der Waals surface area contributed by atoms with Gasteiger partial charge in [0.25, 0.3) is 5.91 Å². The van der Waals surface area contributed by atoms with E-state index in [0.29, 0.717) is 28.0 Å². The minimum atomic E-state index is -0.260. The number of nitrogens with one attached hydrogen (secondary N) is 1. The lowest BCUT2D eigenvalue weighted by molar-refractivity contribution is 0.101. The van der Waals surface area contributed by atoms with E-state index < -0.39 is 0 Å². The van der Waals surface area contributed by atoms with Crippen LogP contribution >= 0.6 is 55.1 Å². The zero-order valence-corrected chi connectivity index (χ0v) is 15.1. The van der Waals surface area contributed by atoms with Gasteiger partial charge in [0.05, 0.1) is 15.7 Å². The average Bonchev–Trinajstić information content (AvgIpc) is 2.75. The molecule has 1 amide bonds. The van der Waals surface area contributed by atoms with E-state index in [0.717, 1.165) is 8.95 Å². The molecule has 0 saturated heterocycles. The minimum Gasteiger partial charge on any atom is -0.343 e. The van der Waals surface area contributed by atoms with E-state index in [4.69, 9.17) is 23.2 Å². The number of hydrogen-bond donors (Lipinski definition) is 1. The number of carbonyl (C=O) groups is 1. The van der Waals surface area contributed by atoms with E-state index >= 15 is 0 Å². The molecule has 1 N–H and O–H groups in total. The Morgan fingerprint density at radius 3 is 2.35 bits per heavy atom. The van der Waals surface area contributed by atoms with Crippen molar-refractivity contribution in [3.05, 3.63) is 49.1 Å². The second kappa shape index (κ2) is 6.52. The third-order valence-electron chi connectivity index (χ3n) is 2.68. The molecule has 0 fully saturated rings. The van der Waals surface area contributed by atoms with Crippen molar-refractivity contribution in [3.63, 3.8) is 0 Å². The number of benzene rings is 1. The highest BCUT2D eigenvalue weighted by Gasteiger charge is 2.16. The second-order valence-corrected chi connectivity index (χ2v) is 6.67. The van der Waals surface area contributed by atoms with Crippen LogP contribution < -0.4 is 5.32 Å². The lowest BCUT2D eigenvalue weighted by Gasteiger charge is -2.11. The third kappa shape index (κ3) is 3.39. The maximum absolute atomic E-state index is 12.3. The fraction of sp³-hybridized carbons (Fsp3) is 0.154. The van der Waals surface area contributed by atoms with E-state index in [-0.39, 0.29) is 5.91 Å². The lowest BCUT2D eigenvalue weighted by Crippen LogP contribution is -2.16. The number of aromatic nitrogens is 1. The number of rotatable bonds is 3. The molecule has 0 radical (unpaired) electrons. The summed E-state index contributed by atoms with van der Waals surface area (Å²) in [4.78, 5) is 12.3. The first-order valence-corrected chi connectivity index (χ1v) is 8.08. The van der Waals surface area contributed by atoms with Crippen molar-refractivity contribution in [2.24, 2.45) is 0 Å². The Bertz CT molecular complexity index is 647. The molecule has 2 rings (SSSR count). The molecular weight excluding hydrogens is 431 g/mol. The van der Waals surface area contributed by atoms with Gasteiger partial charge in [-0.3, -0.25) is 4.79 Å². The standard InChI is InChI=1S/C13H10Br2Cl2N2O/c1-2-19-6-8(15)5-11(19)13(20)18-12-9(16)3-7(14)4-10(12)17/h3-6H,2H2,1H3,(H,18,20). The first kappa shape index (κ1) is 15.9. The molecule has 1 aromatic heterocycles. The molecule has 0 aliphatic carbocycles. The summed E-state index contributed by atoms with van der Waals surface area (Å²) >= 11 is 18.8. The number of anilines is 1. The van der Waals surface area contributed by atoms with Crippen molar-refractivity contribution in [2.75, 3.05) is 5.32 Å². The maximum atomic E-state index is 12.3. The highest BCUT2D eigenvalue weighted by Crippen LogP contribution is 2.34. The summed E-state index contributed by atoms with van der Waals surface area (Å²) in [6.07, 6.45) is 1.85. The summed E-state index contributed by atoms with van der Waals surface area (Å²) in [5.41, 5.74) is 0.941. The Morgan fingerprint density at radius 2 is 1.80 bits per heavy atom. The molecular formula is C13H10Br2Cl2N2O. The molecule has 0 unspecified atom stereocenters. The summed E-state index contributed by atoms with van der Waals surface area (Å²) in [6, 6.07) is 5.11. The number of aryl methyl sites for hydroxylation is 1. The van der Waals surface area contributed by atoms with Crippen molar-refractivity contribution >= 4 is 66.7 Å². The summed E-state index contributed by atoms with van der Waals surface area (Å²) < 4.78 is 3.43. The summed E-state index contributed by atoms with van der Waals surface area (Å²) in [5.74, 6) is -0.260. The van der Waals surface area contributed by atoms with Gasteiger partial charge in [-0.15, -0.1) is 0 Å². The van der Waals surface area contributed by atoms with Crippen molar-refractivity contribution in [2.45, 2.75) is 13.5 Å². The molecule has 0 spiro atoms. The van der Waals surface area contributed by atoms with Gasteiger partial charge in [0.15, 0.2) is 0 Å². The van der Waals surface area contributed by atoms with E-state index in [2.05, 4.69) is 37.2 Å². The Labute approximate surface area is 143 Å². The van der Waals surface area contributed by atoms with Gasteiger partial charge in [-0.25, -0.2) is 0 Å². The van der Waals surface area contributed by atoms with Gasteiger partial charge in [-0.05, 0) is 41.1 Å². The fourth-order valence-corrected chi connectivity index (χ4v) is 3.53. The number of nitrogens with zero attached hydrogens (tertiary/aromatic N) is 1. The number of hydrogen-bond acceptors (Lipinski definition) is 1. The van der Waals surface area contributed by atoms with Crippen LogP contribution in [0.3, 0.4) is 0 Å². The molecule has 20 heavy (non-hydrogen) atoms. The average molecular weight is 441 g/mol. The van der Waals surface area contributed by atoms with Gasteiger partial charge >= 0.3 is 0 Å². The van der Waals surface area contributed by atoms with Crippen LogP contribution in [-0.4, -0.2) is 10.5 Å². The summed E-state index contributed by atoms with van der Waals surface area (Å²) in [6.45, 7) is 2.65. The topological polar surface area (TPSA) is 34.0 Å². The van der Waals surface area contributed by atoms with Crippen molar-refractivity contribution < 1.29 is 4.79 Å². The largest absolute Gasteiger partial charge is 0.343 e. The van der Waals surface area contributed by atoms with Crippen LogP contribution in [0.5, 0.6) is 0 Å². The van der Waals surface area contributed by atoms with Crippen LogP contribution in [0.4, 0.5) is 5.69 Å². The maximum Gasteiger partial charge on any atom is 0.272 e. The van der Waals surface area contributed by atoms with Crippen LogP contribution in [0.2, 0.25) is 10.0 Å². The van der Waals surface area contributed by atoms with Crippen LogP contribution in [0.1, 0.15) is 17.4 Å². The first-order valence-electron chi connectivity index (χ1n) is 5.74. The highest BCUT2D eigenvalue weighted by molar-refractivity contribution is 9.10. The molecule has 1 heterocycles. The van der Waals surface area contributed by atoms with Crippen LogP contribution in [-0.2, 0) is 6.54 Å². The highest BCUT2D eigenvalue weighted by atomic mass is 79.9. The molecule has 0 atom stereocenters. The lowest BCUT2D eigenvalue weighted by atomic mass is 10.3. The molecule has 0 aliphatic heterocycles. The van der Waals surface area contributed by atoms with Crippen molar-refractivity contribution in [3.8, 4) is 0 Å². The van der Waals surface area contributed by atoms with Gasteiger partial charge in [-0.2, -0.15) is 0 Å². The molecule has 0 saturated carbocycles. The molecule has 0 bridgehead atoms. The Kier molecular flexibility index (Phi) is 5.18. The molecule has 106 valence electrons. The van der Waals surface area contributed by atoms with Gasteiger partial charge in [-0.1, -0.05) is 39.1 Å². The zero-order chi connectivity index (χ0) is 14.9. The van der Waals surface area contributed by atoms with Crippen LogP contribution in [0.25, 0.3) is 0 Å². The minimum absolute atomic E-state index is 0.260. The zero-order valence-electron chi connectivity index (χ0n) is 10.4. The summed E-state index contributed by atoms with van der Waals surface area (Å²) in [7, 11) is 0. The van der Waals surface area contributed by atoms with E-state index in [1.807, 2.05) is 17.7 Å². The molecule has 1 aromatic carbocycles. The van der Waals surface area contributed by atoms with Crippen molar-refractivity contribution in [1.82, 2.24) is 4.57 Å². The van der Waals surface area contributed by atoms with Gasteiger partial charge in [0.2, 0.25) is 0 Å². The van der Waals surface area contributed by atoms with Crippen LogP contribution in [0.15, 0.2) is 33.3 Å². The van der Waals surface area contributed by atoms with Crippen LogP contribution in [0, 0.1) is 0 Å². The SMILES string of the molecule is CCn1cc(Br)cc1C(=O)Nc1c(Cl)cc(Br)cc1Cl. The monoisotopic (exact) mass is 438 g/mol. The summed E-state index contributed by atoms with van der Waals surface area (Å²) in [5, 5.41) is 3.51. The predicted molar refractivity (Wildman–Crippen MR) is 89.9 cm³/mol. The molecule has 7 heteroatoms. The van der Waals surface area contributed by atoms with Gasteiger partial charge in [0, 0.05) is 21.7 Å². The fourth-order valence-electron chi connectivity index (χ4n) is 1.77. The van der Waals surface area contributed by atoms with Gasteiger partial charge in [0.1, 0.15) is 5.69 Å². The van der Waals surface area contributed by atoms with Crippen molar-refractivity contribution in [1.29, 1.82) is 0 Å². The van der Waals surface area contributed by atoms with E-state index in [9.17, 15) is 4.79 Å². The Morgan fingerprint density at radius 1 is 1.20 bits per heavy atom. The smallest absolute Gasteiger partial charge is 0.272 e. The molecule has 0 aliphatic rings. The predicted octanol–water partition coefficient (Wildman–Crippen LogP) is 5.59. The quantitative estimate of drug-likeness (QED) is 0.663. The second-order valence-electron chi connectivity index (χ2n) is 4.03. The van der Waals surface area contributed by atoms with E-state index in [1.165, 1.54) is 0 Å². The van der Waals surface area contributed by atoms with E-state index in [1.54, 1.807) is 18.2 Å². The molecule has 2 aromatic rings. The normalized spacial score (nSPS) is 10.7.